The van der Waals surface area contributed by atoms with Crippen molar-refractivity contribution in [1.29, 1.82) is 0 Å². The number of carbonyl (C=O) groups excluding carboxylic acids is 1. The van der Waals surface area contributed by atoms with Crippen LogP contribution in [-0.2, 0) is 47.0 Å². The van der Waals surface area contributed by atoms with E-state index in [0.29, 0.717) is 5.88 Å². The second-order valence-electron chi connectivity index (χ2n) is 9.46. The van der Waals surface area contributed by atoms with E-state index >= 15 is 0 Å². The van der Waals surface area contributed by atoms with Gasteiger partial charge in [-0.2, -0.15) is 0 Å². The molecule has 0 aliphatic heterocycles. The molecule has 4 unspecified atom stereocenters. The van der Waals surface area contributed by atoms with Crippen molar-refractivity contribution in [2.24, 2.45) is 0 Å². The second-order valence-corrected chi connectivity index (χ2v) is 26.7. The first-order chi connectivity index (χ1) is 20.5. The van der Waals surface area contributed by atoms with Crippen LogP contribution in [0.5, 0.6) is 0 Å². The third-order valence-corrected chi connectivity index (χ3v) is 20.7. The third kappa shape index (κ3) is 12.1. The summed E-state index contributed by atoms with van der Waals surface area (Å²) in [4.78, 5) is 12.8. The van der Waals surface area contributed by atoms with Gasteiger partial charge in [0.2, 0.25) is 5.91 Å². The Labute approximate surface area is 278 Å². The zero-order chi connectivity index (χ0) is 29.6. The van der Waals surface area contributed by atoms with Crippen LogP contribution in [0.1, 0.15) is 40.0 Å². The predicted molar refractivity (Wildman–Crippen MR) is 200 cm³/mol. The third-order valence-electron chi connectivity index (χ3n) is 6.26. The molecule has 0 aliphatic carbocycles. The van der Waals surface area contributed by atoms with E-state index in [4.69, 9.17) is 23.6 Å². The molecule has 4 aromatic carbocycles. The minimum Gasteiger partial charge on any atom is -0.342 e. The Morgan fingerprint density at radius 3 is 1.98 bits per heavy atom. The Kier molecular flexibility index (Phi) is 14.9. The lowest BCUT2D eigenvalue weighted by Crippen LogP contribution is -2.29. The Morgan fingerprint density at radius 2 is 1.29 bits per heavy atom. The fourth-order valence-corrected chi connectivity index (χ4v) is 17.3. The summed E-state index contributed by atoms with van der Waals surface area (Å²) in [7, 11) is 0. The van der Waals surface area contributed by atoms with Gasteiger partial charge in [0.1, 0.15) is 56.7 Å². The van der Waals surface area contributed by atoms with Crippen molar-refractivity contribution in [1.82, 2.24) is 5.32 Å². The SMILES string of the molecule is CC(S[P+](=S)SCc1cccc(Cc2ccccc2)c1)C(=O)NCS[P+](=S)SC(Cc1ccccc1)c1ccccc1. The molecule has 0 saturated heterocycles. The van der Waals surface area contributed by atoms with Crippen molar-refractivity contribution in [3.8, 4) is 0 Å². The highest BCUT2D eigenvalue weighted by Gasteiger charge is 2.28. The summed E-state index contributed by atoms with van der Waals surface area (Å²) in [6.07, 6.45) is 1.86. The van der Waals surface area contributed by atoms with E-state index in [2.05, 4.69) is 102 Å². The lowest BCUT2D eigenvalue weighted by molar-refractivity contribution is -0.119. The molecule has 2 nitrogen and oxygen atoms in total. The number of carbonyl (C=O) groups is 1. The molecular formula is C32H33NOP2S6+2. The summed E-state index contributed by atoms with van der Waals surface area (Å²) in [6, 6.07) is 40.4. The Hall–Kier alpha value is -1.21. The zero-order valence-electron chi connectivity index (χ0n) is 23.2. The molecule has 0 aliphatic rings. The van der Waals surface area contributed by atoms with Crippen LogP contribution in [0.4, 0.5) is 0 Å². The highest BCUT2D eigenvalue weighted by Crippen LogP contribution is 2.57. The molecule has 4 rings (SSSR count). The molecule has 1 N–H and O–H groups in total. The molecule has 1 amide bonds. The molecule has 10 heteroatoms. The van der Waals surface area contributed by atoms with Gasteiger partial charge in [0, 0.05) is 0 Å². The zero-order valence-corrected chi connectivity index (χ0v) is 29.9. The average Bonchev–Trinajstić information content (AvgIpc) is 3.01. The van der Waals surface area contributed by atoms with Gasteiger partial charge in [0.15, 0.2) is 23.6 Å². The van der Waals surface area contributed by atoms with Crippen LogP contribution < -0.4 is 5.32 Å². The second kappa shape index (κ2) is 18.6. The molecule has 0 heterocycles. The number of nitrogens with one attached hydrogen (secondary N) is 1. The van der Waals surface area contributed by atoms with Crippen LogP contribution >= 0.6 is 55.7 Å². The van der Waals surface area contributed by atoms with Gasteiger partial charge in [-0.1, -0.05) is 115 Å². The lowest BCUT2D eigenvalue weighted by atomic mass is 10.0. The van der Waals surface area contributed by atoms with Crippen LogP contribution in [0.3, 0.4) is 0 Å². The first-order valence-corrected chi connectivity index (χ1v) is 24.3. The maximum atomic E-state index is 12.8. The van der Waals surface area contributed by atoms with Crippen molar-refractivity contribution in [2.75, 3.05) is 5.88 Å². The van der Waals surface area contributed by atoms with E-state index in [9.17, 15) is 4.79 Å². The Balaban J connectivity index is 1.18. The first kappa shape index (κ1) is 33.7. The highest BCUT2D eigenvalue weighted by molar-refractivity contribution is 8.94. The van der Waals surface area contributed by atoms with Gasteiger partial charge in [-0.3, -0.25) is 4.79 Å². The Bertz CT molecular complexity index is 1440. The van der Waals surface area contributed by atoms with Crippen LogP contribution in [0.25, 0.3) is 0 Å². The molecule has 0 fully saturated rings. The molecular weight excluding hydrogens is 669 g/mol. The van der Waals surface area contributed by atoms with E-state index in [0.717, 1.165) is 18.6 Å². The summed E-state index contributed by atoms with van der Waals surface area (Å²) in [6.45, 7) is 1.95. The fraction of sp³-hybridized carbons (Fsp3) is 0.219. The summed E-state index contributed by atoms with van der Waals surface area (Å²) in [5.74, 6) is 1.41. The number of amides is 1. The van der Waals surface area contributed by atoms with Crippen LogP contribution in [0.15, 0.2) is 115 Å². The molecule has 4 aromatic rings. The summed E-state index contributed by atoms with van der Waals surface area (Å²) < 4.78 is 0. The first-order valence-electron chi connectivity index (χ1n) is 13.5. The van der Waals surface area contributed by atoms with Gasteiger partial charge in [0.05, 0.1) is 11.0 Å². The van der Waals surface area contributed by atoms with Crippen LogP contribution in [0.2, 0.25) is 0 Å². The van der Waals surface area contributed by atoms with Crippen molar-refractivity contribution < 1.29 is 4.79 Å². The van der Waals surface area contributed by atoms with E-state index in [-0.39, 0.29) is 16.4 Å². The van der Waals surface area contributed by atoms with E-state index in [1.165, 1.54) is 27.8 Å². The van der Waals surface area contributed by atoms with Gasteiger partial charge >= 0.3 is 10.2 Å². The average molecular weight is 702 g/mol. The highest BCUT2D eigenvalue weighted by atomic mass is 33.2. The summed E-state index contributed by atoms with van der Waals surface area (Å²) >= 11 is 18.5. The van der Waals surface area contributed by atoms with Gasteiger partial charge in [-0.15, -0.1) is 0 Å². The molecule has 0 spiro atoms. The number of benzene rings is 4. The number of hydrogen-bond acceptors (Lipinski definition) is 7. The van der Waals surface area contributed by atoms with Gasteiger partial charge < -0.3 is 5.32 Å². The van der Waals surface area contributed by atoms with Gasteiger partial charge in [-0.05, 0) is 47.6 Å². The molecule has 4 atom stereocenters. The molecule has 0 saturated carbocycles. The molecule has 216 valence electrons. The number of rotatable bonds is 16. The molecule has 0 aromatic heterocycles. The molecule has 0 radical (unpaired) electrons. The normalized spacial score (nSPS) is 13.2. The van der Waals surface area contributed by atoms with Crippen LogP contribution in [0, 0.1) is 0 Å². The van der Waals surface area contributed by atoms with Crippen molar-refractivity contribution in [2.45, 2.75) is 36.0 Å². The van der Waals surface area contributed by atoms with Crippen molar-refractivity contribution >= 4 is 85.2 Å². The Morgan fingerprint density at radius 1 is 0.714 bits per heavy atom. The smallest absolute Gasteiger partial charge is 0.319 e. The topological polar surface area (TPSA) is 29.1 Å². The minimum absolute atomic E-state index is 0.0302. The maximum absolute atomic E-state index is 12.8. The van der Waals surface area contributed by atoms with Crippen LogP contribution in [-0.4, -0.2) is 17.0 Å². The van der Waals surface area contributed by atoms with Gasteiger partial charge in [0.25, 0.3) is 0 Å². The van der Waals surface area contributed by atoms with E-state index in [1.54, 1.807) is 34.1 Å². The summed E-state index contributed by atoms with van der Waals surface area (Å²) in [5.41, 5.74) is 6.49. The monoisotopic (exact) mass is 701 g/mol. The maximum Gasteiger partial charge on any atom is 0.319 e. The lowest BCUT2D eigenvalue weighted by Gasteiger charge is -2.12. The quantitative estimate of drug-likeness (QED) is 0.0919. The number of hydrogen-bond donors (Lipinski definition) is 1. The molecule has 42 heavy (non-hydrogen) atoms. The largest absolute Gasteiger partial charge is 0.342 e. The minimum atomic E-state index is -0.795. The standard InChI is InChI=1S/C32H32NOP2S6/c1-25(41-35(37)39-23-29-17-11-16-28(21-29)20-26-12-5-2-6-13-26)32(34)33-24-40-36(38)42-31(30-18-9-4-10-19-30)22-27-14-7-3-8-15-27/h2-19,21,25,31H,20,22-24H2,1H3/q+1/p+1. The molecule has 0 bridgehead atoms. The van der Waals surface area contributed by atoms with Crippen molar-refractivity contribution in [3.63, 3.8) is 0 Å². The fourth-order valence-electron chi connectivity index (χ4n) is 4.14. The summed E-state index contributed by atoms with van der Waals surface area (Å²) in [5, 5.41) is 1.60. The van der Waals surface area contributed by atoms with Gasteiger partial charge in [-0.25, -0.2) is 0 Å². The predicted octanol–water partition coefficient (Wildman–Crippen LogP) is 10.7. The van der Waals surface area contributed by atoms with E-state index in [1.807, 2.05) is 36.5 Å². The van der Waals surface area contributed by atoms with Crippen molar-refractivity contribution in [3.05, 3.63) is 143 Å². The van der Waals surface area contributed by atoms with E-state index < -0.39 is 10.2 Å².